The predicted octanol–water partition coefficient (Wildman–Crippen LogP) is 7.11. The Labute approximate surface area is 408 Å². The van der Waals surface area contributed by atoms with Gasteiger partial charge in [-0.15, -0.1) is 0 Å². The van der Waals surface area contributed by atoms with E-state index in [2.05, 4.69) is 72.4 Å². The average molecular weight is 967 g/mol. The quantitative estimate of drug-likeness (QED) is 0.0757. The number of benzene rings is 3. The Balaban J connectivity index is 1.01. The summed E-state index contributed by atoms with van der Waals surface area (Å²) in [6.45, 7) is 6.23. The van der Waals surface area contributed by atoms with Crippen LogP contribution in [-0.4, -0.2) is 135 Å². The van der Waals surface area contributed by atoms with Crippen LogP contribution in [0.2, 0.25) is 0 Å². The zero-order valence-electron chi connectivity index (χ0n) is 41.0. The third kappa shape index (κ3) is 9.18. The van der Waals surface area contributed by atoms with Crippen molar-refractivity contribution in [3.05, 3.63) is 77.4 Å². The number of imidazole rings is 1. The van der Waals surface area contributed by atoms with Crippen LogP contribution in [0.5, 0.6) is 0 Å². The maximum Gasteiger partial charge on any atom is 0.408 e. The molecule has 3 aromatic carbocycles. The van der Waals surface area contributed by atoms with Gasteiger partial charge < -0.3 is 54.6 Å². The topological polar surface area (TPSA) is 195 Å². The molecule has 376 valence electrons. The zero-order valence-corrected chi connectivity index (χ0v) is 41.0. The number of carbonyl (C=O) groups is 4. The number of hydrogen-bond acceptors (Lipinski definition) is 14. The summed E-state index contributed by atoms with van der Waals surface area (Å²) in [4.78, 5) is 68.7. The van der Waals surface area contributed by atoms with Crippen molar-refractivity contribution in [3.63, 3.8) is 0 Å². The van der Waals surface area contributed by atoms with Gasteiger partial charge in [0.1, 0.15) is 23.8 Å². The molecule has 5 N–H and O–H groups in total. The molecule has 6 heterocycles. The van der Waals surface area contributed by atoms with Crippen molar-refractivity contribution in [1.82, 2.24) is 30.4 Å². The molecule has 5 aliphatic heterocycles. The Hall–Kier alpha value is -6.18. The first-order valence-electron chi connectivity index (χ1n) is 24.7. The number of hydrogen-bond donors (Lipinski definition) is 5. The number of aromatic amines is 1. The lowest BCUT2D eigenvalue weighted by atomic mass is 10.0. The molecule has 0 aliphatic carbocycles. The molecule has 5 aliphatic rings. The van der Waals surface area contributed by atoms with Gasteiger partial charge in [-0.1, -0.05) is 12.1 Å². The molecule has 0 spiro atoms. The lowest BCUT2D eigenvalue weighted by Gasteiger charge is -2.45. The van der Waals surface area contributed by atoms with Crippen LogP contribution in [0.1, 0.15) is 107 Å². The monoisotopic (exact) mass is 967 g/mol. The highest BCUT2D eigenvalue weighted by Gasteiger charge is 2.51. The van der Waals surface area contributed by atoms with Gasteiger partial charge in [-0.2, -0.15) is 0 Å². The van der Waals surface area contributed by atoms with E-state index in [-0.39, 0.29) is 42.1 Å². The number of alkyl carbamates (subject to hydrolysis) is 2. The van der Waals surface area contributed by atoms with Crippen molar-refractivity contribution in [2.45, 2.75) is 126 Å². The Morgan fingerprint density at radius 2 is 1.50 bits per heavy atom. The van der Waals surface area contributed by atoms with Gasteiger partial charge in [0.05, 0.1) is 78.7 Å². The Kier molecular flexibility index (Phi) is 14.4. The zero-order chi connectivity index (χ0) is 49.3. The van der Waals surface area contributed by atoms with E-state index in [0.717, 1.165) is 110 Å². The van der Waals surface area contributed by atoms with E-state index in [1.54, 1.807) is 24.8 Å². The second-order valence-corrected chi connectivity index (χ2v) is 19.3. The highest BCUT2D eigenvalue weighted by atomic mass is 19.1. The Bertz CT molecular complexity index is 2560. The minimum absolute atomic E-state index is 0.113. The molecule has 4 fully saturated rings. The number of anilines is 4. The van der Waals surface area contributed by atoms with Gasteiger partial charge >= 0.3 is 12.2 Å². The molecule has 3 amide bonds. The summed E-state index contributed by atoms with van der Waals surface area (Å²) >= 11 is 0. The van der Waals surface area contributed by atoms with Crippen LogP contribution in [-0.2, 0) is 28.5 Å². The number of aromatic nitrogens is 2. The van der Waals surface area contributed by atoms with Gasteiger partial charge in [0.15, 0.2) is 11.9 Å². The lowest BCUT2D eigenvalue weighted by molar-refractivity contribution is -0.137. The Morgan fingerprint density at radius 1 is 0.786 bits per heavy atom. The minimum atomic E-state index is -1.46. The number of halogens is 1. The van der Waals surface area contributed by atoms with Crippen molar-refractivity contribution in [2.75, 3.05) is 75.1 Å². The van der Waals surface area contributed by atoms with Crippen molar-refractivity contribution in [2.24, 2.45) is 0 Å². The second kappa shape index (κ2) is 20.7. The van der Waals surface area contributed by atoms with E-state index in [9.17, 15) is 19.2 Å². The maximum atomic E-state index is 16.4. The van der Waals surface area contributed by atoms with Crippen LogP contribution in [0.15, 0.2) is 54.6 Å². The predicted molar refractivity (Wildman–Crippen MR) is 263 cm³/mol. The molecule has 0 saturated carbocycles. The summed E-state index contributed by atoms with van der Waals surface area (Å²) in [6.07, 6.45) is 5.62. The number of H-pyrrole nitrogens is 1. The first-order valence-corrected chi connectivity index (χ1v) is 24.7. The summed E-state index contributed by atoms with van der Waals surface area (Å²) in [5.74, 6) is 0.155. The fraction of sp³-hybridized carbons (Fsp3) is 0.549. The molecule has 1 aromatic heterocycles. The van der Waals surface area contributed by atoms with Gasteiger partial charge in [0.2, 0.25) is 5.91 Å². The molecule has 1 unspecified atom stereocenters. The van der Waals surface area contributed by atoms with Crippen molar-refractivity contribution < 1.29 is 42.5 Å². The van der Waals surface area contributed by atoms with Crippen LogP contribution in [0.25, 0.3) is 11.0 Å². The smallest absolute Gasteiger partial charge is 0.408 e. The number of carbonyl (C=O) groups excluding carboxylic acids is 4. The summed E-state index contributed by atoms with van der Waals surface area (Å²) in [5.41, 5.74) is 5.49. The molecule has 4 saturated heterocycles. The first-order chi connectivity index (χ1) is 33.9. The molecular weight excluding hydrogens is 900 g/mol. The fourth-order valence-corrected chi connectivity index (χ4v) is 11.6. The SMILES string of the molecule is COC(=O)N[C@H](C(=O)N1CCC[C@H]1c1nc2cc([C@@H]3CC[C@@H](c4ccc5c(c4)NC([C@@H]4CCCN4[C@@](C=O)(NC(=O)OC)[C@@H](C)OC)N5)N3c3ccc(N4CCCCC4)c(F)c3)ccc2[nH]1)[C@@H](C)OC. The van der Waals surface area contributed by atoms with Crippen LogP contribution >= 0.6 is 0 Å². The van der Waals surface area contributed by atoms with Gasteiger partial charge in [0, 0.05) is 46.1 Å². The summed E-state index contributed by atoms with van der Waals surface area (Å²) in [6, 6.07) is 16.6. The molecule has 9 atom stereocenters. The third-order valence-electron chi connectivity index (χ3n) is 15.5. The number of ether oxygens (including phenoxy) is 4. The van der Waals surface area contributed by atoms with E-state index in [0.29, 0.717) is 31.0 Å². The number of aldehydes is 1. The molecule has 18 nitrogen and oxygen atoms in total. The summed E-state index contributed by atoms with van der Waals surface area (Å²) < 4.78 is 37.4. The van der Waals surface area contributed by atoms with Gasteiger partial charge in [-0.25, -0.2) is 19.0 Å². The van der Waals surface area contributed by atoms with Gasteiger partial charge in [0.25, 0.3) is 0 Å². The molecule has 0 bridgehead atoms. The number of likely N-dealkylation sites (tertiary alicyclic amines) is 2. The Morgan fingerprint density at radius 3 is 2.20 bits per heavy atom. The molecule has 70 heavy (non-hydrogen) atoms. The first kappa shape index (κ1) is 48.8. The highest BCUT2D eigenvalue weighted by molar-refractivity contribution is 5.87. The number of piperidine rings is 1. The number of nitrogens with one attached hydrogen (secondary N) is 5. The number of fused-ring (bicyclic) bond motifs is 2. The van der Waals surface area contributed by atoms with E-state index in [1.807, 2.05) is 17.0 Å². The van der Waals surface area contributed by atoms with Crippen LogP contribution < -0.4 is 31.1 Å². The summed E-state index contributed by atoms with van der Waals surface area (Å²) in [7, 11) is 5.54. The number of amides is 3. The fourth-order valence-electron chi connectivity index (χ4n) is 11.6. The lowest BCUT2D eigenvalue weighted by Crippen LogP contribution is -2.70. The van der Waals surface area contributed by atoms with Crippen molar-refractivity contribution >= 4 is 58.2 Å². The van der Waals surface area contributed by atoms with E-state index < -0.39 is 36.1 Å². The maximum absolute atomic E-state index is 16.4. The average Bonchev–Trinajstić information content (AvgIpc) is 4.25. The largest absolute Gasteiger partial charge is 0.453 e. The second-order valence-electron chi connectivity index (χ2n) is 19.3. The number of rotatable bonds is 15. The van der Waals surface area contributed by atoms with Crippen molar-refractivity contribution in [1.29, 1.82) is 0 Å². The normalized spacial score (nSPS) is 24.6. The highest BCUT2D eigenvalue weighted by Crippen LogP contribution is 2.49. The van der Waals surface area contributed by atoms with E-state index in [1.165, 1.54) is 28.4 Å². The third-order valence-corrected chi connectivity index (χ3v) is 15.5. The van der Waals surface area contributed by atoms with Gasteiger partial charge in [-0.3, -0.25) is 19.8 Å². The number of nitrogens with zero attached hydrogens (tertiary/aromatic N) is 5. The molecular formula is C51H67FN10O8. The minimum Gasteiger partial charge on any atom is -0.453 e. The van der Waals surface area contributed by atoms with E-state index >= 15 is 4.39 Å². The molecule has 9 rings (SSSR count). The number of methoxy groups -OCH3 is 4. The van der Waals surface area contributed by atoms with Crippen LogP contribution in [0, 0.1) is 5.82 Å². The standard InChI is InChI=1S/C51H67FN10O8/c1-30(67-3)45(57-49(65)69-5)48(64)60-24-10-12-43(60)46-53-36-17-14-32(26-38(36)55-46)40-20-21-41(62(40)34-16-19-42(35(52)28-34)59-22-8-7-9-23-59)33-15-18-37-39(27-33)56-47(54-37)44-13-11-25-61(44)51(29-63,31(2)68-4)58-50(66)70-6/h14-19,26-31,40-41,43-45,47,54,56H,7-13,20-25H2,1-6H3,(H,53,55)(H,57,65)(H,58,66)/t30-,31-,40+,41+,43+,44+,45+,47?,51-/m1/s1. The van der Waals surface area contributed by atoms with E-state index in [4.69, 9.17) is 23.9 Å². The van der Waals surface area contributed by atoms with Crippen molar-refractivity contribution in [3.8, 4) is 0 Å². The van der Waals surface area contributed by atoms with Crippen LogP contribution in [0.3, 0.4) is 0 Å². The van der Waals surface area contributed by atoms with Crippen LogP contribution in [0.4, 0.5) is 36.7 Å². The van der Waals surface area contributed by atoms with Gasteiger partial charge in [-0.05, 0) is 125 Å². The summed E-state index contributed by atoms with van der Waals surface area (Å²) in [5, 5.41) is 12.8. The molecule has 4 aromatic rings. The molecule has 0 radical (unpaired) electrons. The molecule has 19 heteroatoms.